The summed E-state index contributed by atoms with van der Waals surface area (Å²) in [5.41, 5.74) is 0.803. The summed E-state index contributed by atoms with van der Waals surface area (Å²) in [5.74, 6) is 0.376. The van der Waals surface area contributed by atoms with Crippen LogP contribution in [-0.4, -0.2) is 8.76 Å². The van der Waals surface area contributed by atoms with Crippen molar-refractivity contribution >= 4 is 11.4 Å². The zero-order chi connectivity index (χ0) is 8.27. The third-order valence-corrected chi connectivity index (χ3v) is 1.57. The van der Waals surface area contributed by atoms with Gasteiger partial charge in [0.05, 0.1) is 0 Å². The van der Waals surface area contributed by atoms with E-state index in [2.05, 4.69) is 4.18 Å². The van der Waals surface area contributed by atoms with Crippen molar-refractivity contribution in [1.29, 1.82) is 0 Å². The Bertz CT molecular complexity index is 277. The minimum absolute atomic E-state index is 0. The van der Waals surface area contributed by atoms with Gasteiger partial charge in [0.25, 0.3) is 0 Å². The summed E-state index contributed by atoms with van der Waals surface area (Å²) in [5, 5.41) is 0. The second-order valence-electron chi connectivity index (χ2n) is 2.05. The van der Waals surface area contributed by atoms with Gasteiger partial charge in [-0.1, -0.05) is 18.2 Å². The molecule has 0 aliphatic heterocycles. The van der Waals surface area contributed by atoms with Crippen LogP contribution in [-0.2, 0) is 11.4 Å². The van der Waals surface area contributed by atoms with Crippen molar-refractivity contribution in [2.45, 2.75) is 6.92 Å². The molecule has 0 fully saturated rings. The Morgan fingerprint density at radius 1 is 1.42 bits per heavy atom. The Hall–Kier alpha value is 0.130. The summed E-state index contributed by atoms with van der Waals surface area (Å²) >= 11 is -2.48. The Kier molecular flexibility index (Phi) is 5.78. The van der Waals surface area contributed by atoms with Crippen LogP contribution in [0.2, 0.25) is 0 Å². The summed E-state index contributed by atoms with van der Waals surface area (Å²) in [6.07, 6.45) is 0. The van der Waals surface area contributed by atoms with Crippen LogP contribution >= 0.6 is 0 Å². The number of para-hydroxylation sites is 1. The largest absolute Gasteiger partial charge is 1.00 e. The van der Waals surface area contributed by atoms with Gasteiger partial charge in [-0.3, -0.25) is 0 Å². The van der Waals surface area contributed by atoms with Gasteiger partial charge in [0.2, 0.25) is 0 Å². The molecule has 0 aliphatic rings. The topological polar surface area (TPSA) is 49.4 Å². The van der Waals surface area contributed by atoms with Gasteiger partial charge in [0.15, 0.2) is 0 Å². The van der Waals surface area contributed by atoms with E-state index in [1.54, 1.807) is 25.1 Å². The molecular weight excluding hydrogens is 187 g/mol. The van der Waals surface area contributed by atoms with E-state index in [0.717, 1.165) is 5.56 Å². The summed E-state index contributed by atoms with van der Waals surface area (Å²) in [4.78, 5) is 0. The Morgan fingerprint density at radius 3 is 2.50 bits per heavy atom. The molecule has 3 nitrogen and oxygen atoms in total. The van der Waals surface area contributed by atoms with Gasteiger partial charge < -0.3 is 8.74 Å². The number of benzene rings is 1. The van der Waals surface area contributed by atoms with Crippen LogP contribution in [0.1, 0.15) is 5.56 Å². The molecule has 0 aromatic heterocycles. The molecule has 1 aromatic carbocycles. The van der Waals surface area contributed by atoms with Crippen molar-refractivity contribution in [3.05, 3.63) is 29.8 Å². The number of hydrogen-bond donors (Lipinski definition) is 0. The molecule has 1 aromatic rings. The fourth-order valence-corrected chi connectivity index (χ4v) is 1.06. The molecule has 1 unspecified atom stereocenters. The summed E-state index contributed by atoms with van der Waals surface area (Å²) < 4.78 is 24.7. The molecule has 1 atom stereocenters. The maximum atomic E-state index is 10.1. The van der Waals surface area contributed by atoms with Gasteiger partial charge in [-0.25, -0.2) is 4.21 Å². The summed E-state index contributed by atoms with van der Waals surface area (Å²) in [6, 6.07) is 6.92. The first-order chi connectivity index (χ1) is 5.20. The van der Waals surface area contributed by atoms with Gasteiger partial charge in [-0.15, -0.1) is 0 Å². The monoisotopic (exact) mass is 194 g/mol. The number of hydrogen-bond acceptors (Lipinski definition) is 3. The first-order valence-corrected chi connectivity index (χ1v) is 4.03. The van der Waals surface area contributed by atoms with E-state index in [1.807, 2.05) is 6.07 Å². The quantitative estimate of drug-likeness (QED) is 0.411. The first-order valence-electron chi connectivity index (χ1n) is 3.03. The Balaban J connectivity index is 0.00000121. The van der Waals surface area contributed by atoms with Crippen LogP contribution in [0.3, 0.4) is 0 Å². The van der Waals surface area contributed by atoms with Crippen LogP contribution in [0, 0.1) is 6.92 Å². The average Bonchev–Trinajstić information content (AvgIpc) is 1.93. The van der Waals surface area contributed by atoms with E-state index < -0.39 is 11.4 Å². The fraction of sp³-hybridized carbons (Fsp3) is 0.143. The molecule has 0 saturated heterocycles. The maximum Gasteiger partial charge on any atom is 1.00 e. The van der Waals surface area contributed by atoms with E-state index in [9.17, 15) is 8.76 Å². The fourth-order valence-electron chi connectivity index (χ4n) is 0.723. The molecule has 12 heavy (non-hydrogen) atoms. The number of aryl methyl sites for hydroxylation is 1. The second-order valence-corrected chi connectivity index (χ2v) is 2.63. The molecule has 0 bridgehead atoms. The first kappa shape index (κ1) is 12.1. The normalized spacial score (nSPS) is 11.5. The van der Waals surface area contributed by atoms with E-state index in [1.165, 1.54) is 0 Å². The van der Waals surface area contributed by atoms with E-state index in [-0.39, 0.29) is 29.6 Å². The zero-order valence-corrected chi connectivity index (χ0v) is 9.76. The molecule has 0 saturated carbocycles. The maximum absolute atomic E-state index is 10.1. The molecule has 0 aliphatic carbocycles. The van der Waals surface area contributed by atoms with Crippen LogP contribution < -0.4 is 33.7 Å². The summed E-state index contributed by atoms with van der Waals surface area (Å²) in [6.45, 7) is 1.78. The van der Waals surface area contributed by atoms with E-state index in [0.29, 0.717) is 5.75 Å². The second kappa shape index (κ2) is 5.72. The predicted molar refractivity (Wildman–Crippen MR) is 40.7 cm³/mol. The van der Waals surface area contributed by atoms with Gasteiger partial charge in [-0.05, 0) is 18.6 Å². The molecule has 0 radical (unpaired) electrons. The third kappa shape index (κ3) is 3.69. The van der Waals surface area contributed by atoms with E-state index in [4.69, 9.17) is 0 Å². The van der Waals surface area contributed by atoms with Crippen LogP contribution in [0.5, 0.6) is 5.75 Å². The standard InChI is InChI=1S/C7H8O3S.Na/c1-6-4-2-3-5-7(6)10-11(8)9;/h2-5H,1H3,(H,8,9);/q;+1/p-1. The molecule has 0 amide bonds. The Morgan fingerprint density at radius 2 is 2.00 bits per heavy atom. The molecule has 60 valence electrons. The van der Waals surface area contributed by atoms with Crippen molar-refractivity contribution in [2.75, 3.05) is 0 Å². The van der Waals surface area contributed by atoms with Crippen molar-refractivity contribution in [3.63, 3.8) is 0 Å². The van der Waals surface area contributed by atoms with Crippen molar-refractivity contribution in [1.82, 2.24) is 0 Å². The van der Waals surface area contributed by atoms with Gasteiger partial charge in [-0.2, -0.15) is 0 Å². The van der Waals surface area contributed by atoms with E-state index >= 15 is 0 Å². The Labute approximate surface area is 95.9 Å². The molecule has 5 heteroatoms. The van der Waals surface area contributed by atoms with Gasteiger partial charge in [0.1, 0.15) is 17.1 Å². The molecule has 0 N–H and O–H groups in total. The molecule has 1 rings (SSSR count). The minimum atomic E-state index is -2.48. The predicted octanol–water partition coefficient (Wildman–Crippen LogP) is -1.83. The zero-order valence-electron chi connectivity index (χ0n) is 6.94. The number of rotatable bonds is 2. The average molecular weight is 194 g/mol. The van der Waals surface area contributed by atoms with Crippen molar-refractivity contribution < 1.29 is 42.5 Å². The minimum Gasteiger partial charge on any atom is -0.740 e. The molecule has 0 heterocycles. The molecular formula is C7H7NaO3S. The SMILES string of the molecule is Cc1ccccc1OS(=O)[O-].[Na+]. The third-order valence-electron chi connectivity index (χ3n) is 1.25. The van der Waals surface area contributed by atoms with Crippen molar-refractivity contribution in [2.24, 2.45) is 0 Å². The van der Waals surface area contributed by atoms with Crippen LogP contribution in [0.25, 0.3) is 0 Å². The van der Waals surface area contributed by atoms with Crippen LogP contribution in [0.4, 0.5) is 0 Å². The van der Waals surface area contributed by atoms with Gasteiger partial charge in [0, 0.05) is 0 Å². The molecule has 0 spiro atoms. The van der Waals surface area contributed by atoms with Gasteiger partial charge >= 0.3 is 29.6 Å². The summed E-state index contributed by atoms with van der Waals surface area (Å²) in [7, 11) is 0. The van der Waals surface area contributed by atoms with Crippen molar-refractivity contribution in [3.8, 4) is 5.75 Å². The van der Waals surface area contributed by atoms with Crippen LogP contribution in [0.15, 0.2) is 24.3 Å². The smallest absolute Gasteiger partial charge is 0.740 e.